The monoisotopic (exact) mass is 290 g/mol. The summed E-state index contributed by atoms with van der Waals surface area (Å²) in [6.45, 7) is 0. The van der Waals surface area contributed by atoms with E-state index in [1.807, 2.05) is 0 Å². The van der Waals surface area contributed by atoms with Crippen molar-refractivity contribution in [2.45, 2.75) is 44.9 Å². The standard InChI is InChI=1S/C13H16Cl2OS/c14-12-8-10(13(15)17-12)11(16)7-6-9-4-2-1-3-5-9/h8-9H,1-7H2. The molecule has 0 spiro atoms. The highest BCUT2D eigenvalue weighted by Gasteiger charge is 2.18. The summed E-state index contributed by atoms with van der Waals surface area (Å²) in [6, 6.07) is 1.69. The summed E-state index contributed by atoms with van der Waals surface area (Å²) in [5.41, 5.74) is 0.609. The molecule has 94 valence electrons. The third-order valence-corrected chi connectivity index (χ3v) is 4.95. The molecule has 0 aromatic carbocycles. The molecule has 4 heteroatoms. The Labute approximate surface area is 116 Å². The van der Waals surface area contributed by atoms with Crippen molar-refractivity contribution < 1.29 is 4.79 Å². The normalized spacial score (nSPS) is 17.3. The molecule has 0 aliphatic heterocycles. The van der Waals surface area contributed by atoms with Crippen molar-refractivity contribution in [2.75, 3.05) is 0 Å². The van der Waals surface area contributed by atoms with Crippen LogP contribution in [0.5, 0.6) is 0 Å². The number of halogens is 2. The second-order valence-corrected chi connectivity index (χ2v) is 6.99. The van der Waals surface area contributed by atoms with Crippen LogP contribution in [0.15, 0.2) is 6.07 Å². The molecule has 1 aromatic rings. The molecule has 1 heterocycles. The van der Waals surface area contributed by atoms with Gasteiger partial charge in [0, 0.05) is 12.0 Å². The lowest BCUT2D eigenvalue weighted by molar-refractivity contribution is 0.0971. The van der Waals surface area contributed by atoms with E-state index in [1.54, 1.807) is 6.07 Å². The lowest BCUT2D eigenvalue weighted by atomic mass is 9.85. The Morgan fingerprint density at radius 3 is 2.59 bits per heavy atom. The van der Waals surface area contributed by atoms with Crippen molar-refractivity contribution in [3.05, 3.63) is 20.3 Å². The van der Waals surface area contributed by atoms with E-state index in [4.69, 9.17) is 23.2 Å². The molecule has 0 unspecified atom stereocenters. The van der Waals surface area contributed by atoms with Gasteiger partial charge < -0.3 is 0 Å². The number of hydrogen-bond donors (Lipinski definition) is 0. The van der Waals surface area contributed by atoms with Crippen LogP contribution in [0.2, 0.25) is 8.67 Å². The highest BCUT2D eigenvalue weighted by molar-refractivity contribution is 7.20. The highest BCUT2D eigenvalue weighted by Crippen LogP contribution is 2.33. The minimum Gasteiger partial charge on any atom is -0.294 e. The van der Waals surface area contributed by atoms with Gasteiger partial charge in [-0.3, -0.25) is 4.79 Å². The van der Waals surface area contributed by atoms with Gasteiger partial charge in [0.1, 0.15) is 4.34 Å². The minimum absolute atomic E-state index is 0.142. The van der Waals surface area contributed by atoms with Crippen LogP contribution in [0.1, 0.15) is 55.3 Å². The summed E-state index contributed by atoms with van der Waals surface area (Å²) >= 11 is 13.1. The van der Waals surface area contributed by atoms with E-state index < -0.39 is 0 Å². The first-order valence-corrected chi connectivity index (χ1v) is 7.72. The Hall–Kier alpha value is -0.0500. The number of rotatable bonds is 4. The third kappa shape index (κ3) is 3.70. The van der Waals surface area contributed by atoms with Gasteiger partial charge in [0.2, 0.25) is 0 Å². The fourth-order valence-electron chi connectivity index (χ4n) is 2.48. The first-order valence-electron chi connectivity index (χ1n) is 6.15. The third-order valence-electron chi connectivity index (χ3n) is 3.46. The lowest BCUT2D eigenvalue weighted by Crippen LogP contribution is -2.09. The number of thiophene rings is 1. The molecule has 1 fully saturated rings. The second kappa shape index (κ2) is 6.21. The average Bonchev–Trinajstić information content (AvgIpc) is 2.67. The van der Waals surface area contributed by atoms with E-state index in [1.165, 1.54) is 43.4 Å². The number of carbonyl (C=O) groups is 1. The van der Waals surface area contributed by atoms with Gasteiger partial charge in [-0.25, -0.2) is 0 Å². The van der Waals surface area contributed by atoms with E-state index >= 15 is 0 Å². The predicted octanol–water partition coefficient (Wildman–Crippen LogP) is 5.60. The van der Waals surface area contributed by atoms with Crippen LogP contribution in [-0.4, -0.2) is 5.78 Å². The van der Waals surface area contributed by atoms with Gasteiger partial charge in [-0.2, -0.15) is 0 Å². The van der Waals surface area contributed by atoms with Crippen LogP contribution in [0.25, 0.3) is 0 Å². The summed E-state index contributed by atoms with van der Waals surface area (Å²) in [6.07, 6.45) is 8.18. The molecule has 17 heavy (non-hydrogen) atoms. The first kappa shape index (κ1) is 13.4. The van der Waals surface area contributed by atoms with Crippen molar-refractivity contribution in [3.63, 3.8) is 0 Å². The van der Waals surface area contributed by atoms with Crippen molar-refractivity contribution in [2.24, 2.45) is 5.92 Å². The van der Waals surface area contributed by atoms with Crippen LogP contribution in [-0.2, 0) is 0 Å². The van der Waals surface area contributed by atoms with Crippen LogP contribution < -0.4 is 0 Å². The quantitative estimate of drug-likeness (QED) is 0.660. The predicted molar refractivity (Wildman–Crippen MR) is 74.5 cm³/mol. The largest absolute Gasteiger partial charge is 0.294 e. The van der Waals surface area contributed by atoms with Crippen LogP contribution in [0.4, 0.5) is 0 Å². The van der Waals surface area contributed by atoms with E-state index in [-0.39, 0.29) is 5.78 Å². The fraction of sp³-hybridized carbons (Fsp3) is 0.615. The summed E-state index contributed by atoms with van der Waals surface area (Å²) in [7, 11) is 0. The number of Topliss-reactive ketones (excluding diaryl/α,β-unsaturated/α-hetero) is 1. The van der Waals surface area contributed by atoms with Gasteiger partial charge in [-0.15, -0.1) is 11.3 Å². The molecule has 0 atom stereocenters. The Morgan fingerprint density at radius 1 is 1.29 bits per heavy atom. The molecular weight excluding hydrogens is 275 g/mol. The highest BCUT2D eigenvalue weighted by atomic mass is 35.5. The number of ketones is 1. The topological polar surface area (TPSA) is 17.1 Å². The van der Waals surface area contributed by atoms with Crippen molar-refractivity contribution in [1.29, 1.82) is 0 Å². The van der Waals surface area contributed by atoms with Gasteiger partial charge in [0.05, 0.1) is 4.34 Å². The molecule has 1 aliphatic carbocycles. The molecule has 0 bridgehead atoms. The maximum atomic E-state index is 12.0. The molecule has 1 saturated carbocycles. The maximum absolute atomic E-state index is 12.0. The van der Waals surface area contributed by atoms with Gasteiger partial charge >= 0.3 is 0 Å². The van der Waals surface area contributed by atoms with E-state index in [2.05, 4.69) is 0 Å². The van der Waals surface area contributed by atoms with Crippen LogP contribution in [0.3, 0.4) is 0 Å². The first-order chi connectivity index (χ1) is 8.16. The maximum Gasteiger partial charge on any atom is 0.165 e. The summed E-state index contributed by atoms with van der Waals surface area (Å²) in [5.74, 6) is 0.879. The molecule has 1 aliphatic rings. The molecule has 2 rings (SSSR count). The molecule has 0 saturated heterocycles. The van der Waals surface area contributed by atoms with Crippen molar-refractivity contribution in [1.82, 2.24) is 0 Å². The number of hydrogen-bond acceptors (Lipinski definition) is 2. The van der Waals surface area contributed by atoms with Gasteiger partial charge in [0.25, 0.3) is 0 Å². The van der Waals surface area contributed by atoms with Gasteiger partial charge in [0.15, 0.2) is 5.78 Å². The Morgan fingerprint density at radius 2 is 2.00 bits per heavy atom. The molecular formula is C13H16Cl2OS. The Bertz CT molecular complexity index is 394. The summed E-state index contributed by atoms with van der Waals surface area (Å²) < 4.78 is 1.12. The van der Waals surface area contributed by atoms with Crippen molar-refractivity contribution >= 4 is 40.3 Å². The summed E-state index contributed by atoms with van der Waals surface area (Å²) in [5, 5.41) is 0. The number of carbonyl (C=O) groups excluding carboxylic acids is 1. The van der Waals surface area contributed by atoms with E-state index in [9.17, 15) is 4.79 Å². The second-order valence-electron chi connectivity index (χ2n) is 4.70. The zero-order chi connectivity index (χ0) is 12.3. The molecule has 1 aromatic heterocycles. The molecule has 1 nitrogen and oxygen atoms in total. The van der Waals surface area contributed by atoms with Crippen LogP contribution in [0, 0.1) is 5.92 Å². The van der Waals surface area contributed by atoms with Crippen LogP contribution >= 0.6 is 34.5 Å². The van der Waals surface area contributed by atoms with Gasteiger partial charge in [-0.1, -0.05) is 55.3 Å². The minimum atomic E-state index is 0.142. The zero-order valence-electron chi connectivity index (χ0n) is 9.68. The lowest BCUT2D eigenvalue weighted by Gasteiger charge is -2.20. The Kier molecular flexibility index (Phi) is 4.89. The molecule has 0 radical (unpaired) electrons. The summed E-state index contributed by atoms with van der Waals surface area (Å²) in [4.78, 5) is 12.0. The van der Waals surface area contributed by atoms with E-state index in [0.29, 0.717) is 20.7 Å². The van der Waals surface area contributed by atoms with Gasteiger partial charge in [-0.05, 0) is 18.4 Å². The molecule has 0 N–H and O–H groups in total. The zero-order valence-corrected chi connectivity index (χ0v) is 12.0. The van der Waals surface area contributed by atoms with Crippen molar-refractivity contribution in [3.8, 4) is 0 Å². The Balaban J connectivity index is 1.86. The fourth-order valence-corrected chi connectivity index (χ4v) is 3.98. The smallest absolute Gasteiger partial charge is 0.165 e. The molecule has 0 amide bonds. The average molecular weight is 291 g/mol. The van der Waals surface area contributed by atoms with E-state index in [0.717, 1.165) is 12.3 Å². The SMILES string of the molecule is O=C(CCC1CCCCC1)c1cc(Cl)sc1Cl.